The Balaban J connectivity index is 3.19. The van der Waals surface area contributed by atoms with Gasteiger partial charge in [0.05, 0.1) is 19.3 Å². The minimum Gasteiger partial charge on any atom is -0.495 e. The molecular weight excluding hydrogens is 250 g/mol. The fourth-order valence-corrected chi connectivity index (χ4v) is 3.10. The van der Waals surface area contributed by atoms with Crippen LogP contribution in [-0.2, 0) is 0 Å². The molecule has 1 aromatic rings. The standard InChI is InChI=1S/C16H29N3O/c1-7-16(4,19(8-2)9-3)15(17-5)13-10-14(20-6)12-18-11-13/h10-12,15,17H,7-9H2,1-6H3. The molecule has 0 saturated carbocycles. The molecule has 1 heterocycles. The first-order valence-electron chi connectivity index (χ1n) is 7.48. The molecule has 4 heteroatoms. The fourth-order valence-electron chi connectivity index (χ4n) is 3.10. The average molecular weight is 279 g/mol. The van der Waals surface area contributed by atoms with Gasteiger partial charge in [0, 0.05) is 11.7 Å². The Morgan fingerprint density at radius 3 is 2.40 bits per heavy atom. The molecule has 0 aliphatic carbocycles. The molecule has 0 aromatic carbocycles. The van der Waals surface area contributed by atoms with E-state index < -0.39 is 0 Å². The van der Waals surface area contributed by atoms with E-state index >= 15 is 0 Å². The first kappa shape index (κ1) is 16.9. The second-order valence-electron chi connectivity index (χ2n) is 5.26. The van der Waals surface area contributed by atoms with Crippen LogP contribution in [0.4, 0.5) is 0 Å². The van der Waals surface area contributed by atoms with Crippen molar-refractivity contribution >= 4 is 0 Å². The van der Waals surface area contributed by atoms with E-state index in [2.05, 4.69) is 49.0 Å². The highest BCUT2D eigenvalue weighted by atomic mass is 16.5. The summed E-state index contributed by atoms with van der Waals surface area (Å²) in [5, 5.41) is 3.47. The first-order chi connectivity index (χ1) is 9.57. The molecule has 0 amide bonds. The highest BCUT2D eigenvalue weighted by Gasteiger charge is 2.37. The molecule has 20 heavy (non-hydrogen) atoms. The van der Waals surface area contributed by atoms with Crippen LogP contribution in [-0.4, -0.2) is 42.7 Å². The smallest absolute Gasteiger partial charge is 0.137 e. The monoisotopic (exact) mass is 279 g/mol. The van der Waals surface area contributed by atoms with Crippen LogP contribution in [0.2, 0.25) is 0 Å². The van der Waals surface area contributed by atoms with Gasteiger partial charge in [-0.2, -0.15) is 0 Å². The molecule has 0 aliphatic rings. The van der Waals surface area contributed by atoms with E-state index in [0.717, 1.165) is 25.3 Å². The molecule has 1 N–H and O–H groups in total. The SMILES string of the molecule is CCN(CC)C(C)(CC)C(NC)c1cncc(OC)c1. The van der Waals surface area contributed by atoms with Gasteiger partial charge in [0.25, 0.3) is 0 Å². The lowest BCUT2D eigenvalue weighted by molar-refractivity contribution is 0.0726. The molecule has 1 rings (SSSR count). The number of ether oxygens (including phenoxy) is 1. The molecule has 114 valence electrons. The lowest BCUT2D eigenvalue weighted by atomic mass is 9.83. The van der Waals surface area contributed by atoms with Crippen LogP contribution < -0.4 is 10.1 Å². The van der Waals surface area contributed by atoms with Crippen molar-refractivity contribution in [2.45, 2.75) is 45.7 Å². The molecule has 2 atom stereocenters. The molecule has 0 radical (unpaired) electrons. The maximum atomic E-state index is 5.31. The third kappa shape index (κ3) is 3.30. The zero-order valence-electron chi connectivity index (χ0n) is 13.7. The highest BCUT2D eigenvalue weighted by molar-refractivity contribution is 5.28. The van der Waals surface area contributed by atoms with Crippen molar-refractivity contribution in [2.24, 2.45) is 0 Å². The fraction of sp³-hybridized carbons (Fsp3) is 0.688. The van der Waals surface area contributed by atoms with Crippen molar-refractivity contribution in [2.75, 3.05) is 27.2 Å². The van der Waals surface area contributed by atoms with Gasteiger partial charge in [0.2, 0.25) is 0 Å². The van der Waals surface area contributed by atoms with Gasteiger partial charge >= 0.3 is 0 Å². The number of nitrogens with one attached hydrogen (secondary N) is 1. The van der Waals surface area contributed by atoms with Gasteiger partial charge in [0.15, 0.2) is 0 Å². The molecule has 0 bridgehead atoms. The van der Waals surface area contributed by atoms with E-state index in [1.165, 1.54) is 5.56 Å². The summed E-state index contributed by atoms with van der Waals surface area (Å²) >= 11 is 0. The maximum Gasteiger partial charge on any atom is 0.137 e. The van der Waals surface area contributed by atoms with E-state index in [4.69, 9.17) is 4.74 Å². The number of rotatable bonds is 8. The Morgan fingerprint density at radius 1 is 1.30 bits per heavy atom. The van der Waals surface area contributed by atoms with Gasteiger partial charge in [-0.1, -0.05) is 20.8 Å². The minimum absolute atomic E-state index is 0.0479. The van der Waals surface area contributed by atoms with Gasteiger partial charge in [-0.15, -0.1) is 0 Å². The van der Waals surface area contributed by atoms with Gasteiger partial charge in [0.1, 0.15) is 5.75 Å². The Hall–Kier alpha value is -1.13. The van der Waals surface area contributed by atoms with E-state index in [1.807, 2.05) is 13.2 Å². The Bertz CT molecular complexity index is 406. The number of hydrogen-bond donors (Lipinski definition) is 1. The topological polar surface area (TPSA) is 37.4 Å². The molecule has 1 aromatic heterocycles. The van der Waals surface area contributed by atoms with E-state index in [0.29, 0.717) is 0 Å². The van der Waals surface area contributed by atoms with Crippen LogP contribution >= 0.6 is 0 Å². The van der Waals surface area contributed by atoms with E-state index in [9.17, 15) is 0 Å². The second-order valence-corrected chi connectivity index (χ2v) is 5.26. The number of aromatic nitrogens is 1. The Morgan fingerprint density at radius 2 is 1.95 bits per heavy atom. The highest BCUT2D eigenvalue weighted by Crippen LogP contribution is 2.34. The van der Waals surface area contributed by atoms with Crippen molar-refractivity contribution in [3.63, 3.8) is 0 Å². The van der Waals surface area contributed by atoms with E-state index in [-0.39, 0.29) is 11.6 Å². The van der Waals surface area contributed by atoms with Crippen LogP contribution in [0.1, 0.15) is 45.7 Å². The van der Waals surface area contributed by atoms with Gasteiger partial charge in [-0.05, 0) is 45.1 Å². The molecule has 0 aliphatic heterocycles. The van der Waals surface area contributed by atoms with Crippen LogP contribution in [0.25, 0.3) is 0 Å². The number of hydrogen-bond acceptors (Lipinski definition) is 4. The summed E-state index contributed by atoms with van der Waals surface area (Å²) in [6.45, 7) is 11.1. The number of likely N-dealkylation sites (N-methyl/N-ethyl adjacent to an activating group) is 2. The number of nitrogens with zero attached hydrogens (tertiary/aromatic N) is 2. The molecule has 0 fully saturated rings. The largest absolute Gasteiger partial charge is 0.495 e. The summed E-state index contributed by atoms with van der Waals surface area (Å²) in [4.78, 5) is 6.81. The third-order valence-electron chi connectivity index (χ3n) is 4.42. The van der Waals surface area contributed by atoms with Crippen LogP contribution in [0.3, 0.4) is 0 Å². The van der Waals surface area contributed by atoms with Crippen molar-refractivity contribution in [3.8, 4) is 5.75 Å². The zero-order valence-corrected chi connectivity index (χ0v) is 13.7. The van der Waals surface area contributed by atoms with Crippen molar-refractivity contribution in [3.05, 3.63) is 24.0 Å². The lowest BCUT2D eigenvalue weighted by Gasteiger charge is -2.45. The average Bonchev–Trinajstić information content (AvgIpc) is 2.49. The van der Waals surface area contributed by atoms with Gasteiger partial charge in [-0.3, -0.25) is 9.88 Å². The summed E-state index contributed by atoms with van der Waals surface area (Å²) in [7, 11) is 3.69. The molecule has 2 unspecified atom stereocenters. The summed E-state index contributed by atoms with van der Waals surface area (Å²) in [5.74, 6) is 0.806. The number of pyridine rings is 1. The van der Waals surface area contributed by atoms with Crippen molar-refractivity contribution in [1.29, 1.82) is 0 Å². The minimum atomic E-state index is 0.0479. The van der Waals surface area contributed by atoms with Gasteiger partial charge < -0.3 is 10.1 Å². The van der Waals surface area contributed by atoms with Crippen LogP contribution in [0.15, 0.2) is 18.5 Å². The molecular formula is C16H29N3O. The van der Waals surface area contributed by atoms with Crippen molar-refractivity contribution < 1.29 is 4.74 Å². The summed E-state index contributed by atoms with van der Waals surface area (Å²) in [6.07, 6.45) is 4.75. The normalized spacial score (nSPS) is 15.9. The molecule has 0 saturated heterocycles. The van der Waals surface area contributed by atoms with Gasteiger partial charge in [-0.25, -0.2) is 0 Å². The molecule has 4 nitrogen and oxygen atoms in total. The molecule has 0 spiro atoms. The quantitative estimate of drug-likeness (QED) is 0.794. The van der Waals surface area contributed by atoms with Crippen LogP contribution in [0, 0.1) is 0 Å². The van der Waals surface area contributed by atoms with E-state index in [1.54, 1.807) is 13.3 Å². The van der Waals surface area contributed by atoms with Crippen LogP contribution in [0.5, 0.6) is 5.75 Å². The predicted molar refractivity (Wildman–Crippen MR) is 84.2 cm³/mol. The summed E-state index contributed by atoms with van der Waals surface area (Å²) < 4.78 is 5.31. The lowest BCUT2D eigenvalue weighted by Crippen LogP contribution is -2.53. The summed E-state index contributed by atoms with van der Waals surface area (Å²) in [6, 6.07) is 2.29. The summed E-state index contributed by atoms with van der Waals surface area (Å²) in [5.41, 5.74) is 1.22. The Kier molecular flexibility index (Phi) is 6.43. The first-order valence-corrected chi connectivity index (χ1v) is 7.48. The number of methoxy groups -OCH3 is 1. The Labute approximate surface area is 123 Å². The third-order valence-corrected chi connectivity index (χ3v) is 4.42. The predicted octanol–water partition coefficient (Wildman–Crippen LogP) is 2.86. The second kappa shape index (κ2) is 7.60. The maximum absolute atomic E-state index is 5.31. The zero-order chi connectivity index (χ0) is 15.2. The van der Waals surface area contributed by atoms with Crippen molar-refractivity contribution in [1.82, 2.24) is 15.2 Å².